The van der Waals surface area contributed by atoms with Gasteiger partial charge in [0.1, 0.15) is 21.3 Å². The molecule has 0 saturated carbocycles. The maximum atomic E-state index is 13.2. The molecule has 2 aromatic heterocycles. The van der Waals surface area contributed by atoms with Gasteiger partial charge >= 0.3 is 0 Å². The fourth-order valence-corrected chi connectivity index (χ4v) is 4.39. The smallest absolute Gasteiger partial charge is 0.269 e. The summed E-state index contributed by atoms with van der Waals surface area (Å²) in [7, 11) is 1.55. The van der Waals surface area contributed by atoms with Gasteiger partial charge in [-0.3, -0.25) is 18.9 Å². The number of para-hydroxylation sites is 1. The Morgan fingerprint density at radius 3 is 2.74 bits per heavy atom. The third kappa shape index (κ3) is 4.35. The quantitative estimate of drug-likeness (QED) is 0.396. The highest BCUT2D eigenvalue weighted by Crippen LogP contribution is 2.35. The van der Waals surface area contributed by atoms with E-state index >= 15 is 0 Å². The Bertz CT molecular complexity index is 1270. The first kappa shape index (κ1) is 21.5. The third-order valence-corrected chi connectivity index (χ3v) is 6.14. The lowest BCUT2D eigenvalue weighted by molar-refractivity contribution is -0.122. The third-order valence-electron chi connectivity index (χ3n) is 4.45. The number of thioether (sulfide) groups is 1. The fraction of sp³-hybridized carbons (Fsp3) is 0.143. The van der Waals surface area contributed by atoms with Gasteiger partial charge in [0, 0.05) is 13.3 Å². The van der Waals surface area contributed by atoms with Gasteiger partial charge in [-0.15, -0.1) is 0 Å². The molecule has 0 unspecified atom stereocenters. The molecule has 1 aliphatic rings. The number of carbonyl (C=O) groups excluding carboxylic acids is 1. The Labute approximate surface area is 192 Å². The second-order valence-corrected chi connectivity index (χ2v) is 8.51. The van der Waals surface area contributed by atoms with Crippen LogP contribution in [0, 0.1) is 0 Å². The molecule has 0 aliphatic carbocycles. The first-order valence-corrected chi connectivity index (χ1v) is 10.8. The maximum absolute atomic E-state index is 13.2. The highest BCUT2D eigenvalue weighted by atomic mass is 35.5. The molecule has 0 atom stereocenters. The highest BCUT2D eigenvalue weighted by Gasteiger charge is 2.32. The van der Waals surface area contributed by atoms with Crippen LogP contribution < -0.4 is 10.3 Å². The molecule has 7 nitrogen and oxygen atoms in total. The number of aromatic nitrogens is 2. The topological polar surface area (TPSA) is 73.1 Å². The molecule has 1 aromatic carbocycles. The van der Waals surface area contributed by atoms with Crippen LogP contribution in [0.4, 0.5) is 0 Å². The molecule has 10 heteroatoms. The molecule has 3 heterocycles. The number of halogens is 1. The van der Waals surface area contributed by atoms with E-state index in [4.69, 9.17) is 33.3 Å². The van der Waals surface area contributed by atoms with Crippen molar-refractivity contribution in [3.8, 4) is 11.6 Å². The second kappa shape index (κ2) is 9.19. The van der Waals surface area contributed by atoms with E-state index in [2.05, 4.69) is 4.98 Å². The molecular formula is C21H16ClN3O4S2. The number of amides is 1. The van der Waals surface area contributed by atoms with Crippen molar-refractivity contribution < 1.29 is 14.3 Å². The van der Waals surface area contributed by atoms with Crippen LogP contribution in [0.5, 0.6) is 11.6 Å². The predicted octanol–water partition coefficient (Wildman–Crippen LogP) is 3.99. The summed E-state index contributed by atoms with van der Waals surface area (Å²) in [4.78, 5) is 32.3. The van der Waals surface area contributed by atoms with E-state index in [9.17, 15) is 9.59 Å². The standard InChI is InChI=1S/C21H16ClN3O4S2/c1-28-11-10-25-20(27)16(31-21(25)30)12-13-18(29-15-7-3-2-6-14(15)22)23-17-8-4-5-9-24(17)19(13)26/h2-9,12H,10-11H2,1H3. The van der Waals surface area contributed by atoms with Gasteiger partial charge in [0.2, 0.25) is 5.88 Å². The van der Waals surface area contributed by atoms with Gasteiger partial charge in [-0.25, -0.2) is 0 Å². The Kier molecular flexibility index (Phi) is 6.38. The molecule has 0 bridgehead atoms. The summed E-state index contributed by atoms with van der Waals surface area (Å²) in [5, 5.41) is 0.370. The average molecular weight is 474 g/mol. The Balaban J connectivity index is 1.83. The first-order valence-electron chi connectivity index (χ1n) is 9.17. The van der Waals surface area contributed by atoms with Crippen LogP contribution in [0.1, 0.15) is 5.56 Å². The molecule has 1 fully saturated rings. The Hall–Kier alpha value is -2.72. The number of fused-ring (bicyclic) bond motifs is 1. The van der Waals surface area contributed by atoms with Crippen LogP contribution in [0.2, 0.25) is 5.02 Å². The monoisotopic (exact) mass is 473 g/mol. The van der Waals surface area contributed by atoms with Crippen LogP contribution in [0.3, 0.4) is 0 Å². The van der Waals surface area contributed by atoms with E-state index < -0.39 is 0 Å². The molecule has 0 radical (unpaired) electrons. The minimum Gasteiger partial charge on any atom is -0.437 e. The number of pyridine rings is 1. The van der Waals surface area contributed by atoms with E-state index in [1.54, 1.807) is 55.8 Å². The minimum absolute atomic E-state index is 0.0476. The number of hydrogen-bond acceptors (Lipinski definition) is 7. The number of hydrogen-bond donors (Lipinski definition) is 0. The van der Waals surface area contributed by atoms with Crippen molar-refractivity contribution in [2.75, 3.05) is 20.3 Å². The Morgan fingerprint density at radius 1 is 1.19 bits per heavy atom. The molecule has 158 valence electrons. The molecular weight excluding hydrogens is 458 g/mol. The van der Waals surface area contributed by atoms with E-state index in [1.165, 1.54) is 15.4 Å². The highest BCUT2D eigenvalue weighted by molar-refractivity contribution is 8.26. The van der Waals surface area contributed by atoms with Crippen LogP contribution in [-0.4, -0.2) is 44.8 Å². The van der Waals surface area contributed by atoms with E-state index in [1.807, 2.05) is 0 Å². The first-order chi connectivity index (χ1) is 15.0. The molecule has 1 amide bonds. The zero-order valence-corrected chi connectivity index (χ0v) is 18.7. The number of nitrogens with zero attached hydrogens (tertiary/aromatic N) is 3. The summed E-state index contributed by atoms with van der Waals surface area (Å²) >= 11 is 12.6. The lowest BCUT2D eigenvalue weighted by Crippen LogP contribution is -2.31. The van der Waals surface area contributed by atoms with Crippen molar-refractivity contribution in [2.24, 2.45) is 0 Å². The zero-order chi connectivity index (χ0) is 22.0. The number of carbonyl (C=O) groups is 1. The van der Waals surface area contributed by atoms with Crippen LogP contribution >= 0.6 is 35.6 Å². The number of rotatable bonds is 6. The fourth-order valence-electron chi connectivity index (χ4n) is 2.92. The van der Waals surface area contributed by atoms with Crippen molar-refractivity contribution >= 4 is 57.5 Å². The average Bonchev–Trinajstić information content (AvgIpc) is 3.03. The summed E-state index contributed by atoms with van der Waals surface area (Å²) in [5.41, 5.74) is 0.144. The molecule has 0 N–H and O–H groups in total. The number of methoxy groups -OCH3 is 1. The van der Waals surface area contributed by atoms with Crippen molar-refractivity contribution in [1.82, 2.24) is 14.3 Å². The number of thiocarbonyl (C=S) groups is 1. The van der Waals surface area contributed by atoms with Crippen LogP contribution in [-0.2, 0) is 9.53 Å². The van der Waals surface area contributed by atoms with Crippen LogP contribution in [0.15, 0.2) is 58.4 Å². The molecule has 31 heavy (non-hydrogen) atoms. The van der Waals surface area contributed by atoms with Crippen LogP contribution in [0.25, 0.3) is 11.7 Å². The van der Waals surface area contributed by atoms with Gasteiger partial charge in [-0.05, 0) is 30.3 Å². The van der Waals surface area contributed by atoms with Gasteiger partial charge < -0.3 is 9.47 Å². The summed E-state index contributed by atoms with van der Waals surface area (Å²) in [5.74, 6) is 0.0957. The summed E-state index contributed by atoms with van der Waals surface area (Å²) in [6.45, 7) is 0.678. The van der Waals surface area contributed by atoms with Gasteiger partial charge in [0.25, 0.3) is 11.5 Å². The lowest BCUT2D eigenvalue weighted by atomic mass is 10.2. The molecule has 3 aromatic rings. The van der Waals surface area contributed by atoms with E-state index in [0.717, 1.165) is 11.8 Å². The SMILES string of the molecule is COCCN1C(=O)C(=Cc2c(Oc3ccccc3Cl)nc3ccccn3c2=O)SC1=S. The van der Waals surface area contributed by atoms with E-state index in [0.29, 0.717) is 38.8 Å². The molecule has 0 spiro atoms. The van der Waals surface area contributed by atoms with Gasteiger partial charge in [0.15, 0.2) is 0 Å². The van der Waals surface area contributed by atoms with E-state index in [-0.39, 0.29) is 22.9 Å². The van der Waals surface area contributed by atoms with Crippen molar-refractivity contribution in [3.63, 3.8) is 0 Å². The zero-order valence-electron chi connectivity index (χ0n) is 16.3. The van der Waals surface area contributed by atoms with Crippen molar-refractivity contribution in [3.05, 3.63) is 74.5 Å². The molecule has 1 saturated heterocycles. The summed E-state index contributed by atoms with van der Waals surface area (Å²) in [6.07, 6.45) is 3.07. The predicted molar refractivity (Wildman–Crippen MR) is 125 cm³/mol. The largest absolute Gasteiger partial charge is 0.437 e. The Morgan fingerprint density at radius 2 is 1.97 bits per heavy atom. The molecule has 1 aliphatic heterocycles. The molecule has 4 rings (SSSR count). The van der Waals surface area contributed by atoms with Gasteiger partial charge in [0.05, 0.1) is 23.1 Å². The summed E-state index contributed by atoms with van der Waals surface area (Å²) < 4.78 is 12.7. The second-order valence-electron chi connectivity index (χ2n) is 6.42. The normalized spacial score (nSPS) is 15.3. The van der Waals surface area contributed by atoms with Crippen molar-refractivity contribution in [1.29, 1.82) is 0 Å². The maximum Gasteiger partial charge on any atom is 0.269 e. The minimum atomic E-state index is -0.380. The number of benzene rings is 1. The van der Waals surface area contributed by atoms with Gasteiger partial charge in [-0.2, -0.15) is 4.98 Å². The van der Waals surface area contributed by atoms with Crippen molar-refractivity contribution in [2.45, 2.75) is 0 Å². The van der Waals surface area contributed by atoms with Gasteiger partial charge in [-0.1, -0.05) is 53.8 Å². The summed E-state index contributed by atoms with van der Waals surface area (Å²) in [6, 6.07) is 12.0. The number of ether oxygens (including phenoxy) is 2. The lowest BCUT2D eigenvalue weighted by Gasteiger charge is -2.13.